The van der Waals surface area contributed by atoms with Gasteiger partial charge in [0.05, 0.1) is 23.7 Å². The monoisotopic (exact) mass is 235 g/mol. The van der Waals surface area contributed by atoms with Crippen LogP contribution in [0, 0.1) is 0 Å². The number of ether oxygens (including phenoxy) is 1. The van der Waals surface area contributed by atoms with Gasteiger partial charge in [-0.15, -0.1) is 0 Å². The largest absolute Gasteiger partial charge is 0.380 e. The number of pyridine rings is 1. The summed E-state index contributed by atoms with van der Waals surface area (Å²) < 4.78 is 5.36. The van der Waals surface area contributed by atoms with Gasteiger partial charge in [0.2, 0.25) is 0 Å². The van der Waals surface area contributed by atoms with Gasteiger partial charge in [-0.2, -0.15) is 0 Å². The number of nitrogens with zero attached hydrogens (tertiary/aromatic N) is 2. The van der Waals surface area contributed by atoms with E-state index in [9.17, 15) is 0 Å². The molecule has 94 valence electrons. The van der Waals surface area contributed by atoms with Gasteiger partial charge in [0.1, 0.15) is 0 Å². The van der Waals surface area contributed by atoms with E-state index in [1.165, 1.54) is 0 Å². The van der Waals surface area contributed by atoms with Crippen LogP contribution in [-0.2, 0) is 4.74 Å². The fourth-order valence-corrected chi connectivity index (χ4v) is 2.17. The van der Waals surface area contributed by atoms with Gasteiger partial charge in [-0.05, 0) is 25.0 Å². The zero-order valence-corrected chi connectivity index (χ0v) is 10.6. The van der Waals surface area contributed by atoms with Crippen molar-refractivity contribution in [2.75, 3.05) is 25.1 Å². The topological polar surface area (TPSA) is 51.4 Å². The highest BCUT2D eigenvalue weighted by Crippen LogP contribution is 2.22. The van der Waals surface area contributed by atoms with Gasteiger partial charge in [0.15, 0.2) is 0 Å². The maximum Gasteiger partial charge on any atom is 0.0762 e. The second-order valence-electron chi connectivity index (χ2n) is 4.55. The van der Waals surface area contributed by atoms with E-state index < -0.39 is 0 Å². The van der Waals surface area contributed by atoms with E-state index in [2.05, 4.69) is 22.9 Å². The van der Waals surface area contributed by atoms with Gasteiger partial charge in [0, 0.05) is 26.2 Å². The van der Waals surface area contributed by atoms with Crippen molar-refractivity contribution in [3.05, 3.63) is 24.0 Å². The Morgan fingerprint density at radius 1 is 1.59 bits per heavy atom. The van der Waals surface area contributed by atoms with E-state index in [1.807, 2.05) is 12.3 Å². The minimum atomic E-state index is 0.0503. The molecular formula is C13H21N3O. The molecule has 2 heterocycles. The fourth-order valence-electron chi connectivity index (χ4n) is 2.17. The predicted octanol–water partition coefficient (Wildman–Crippen LogP) is 1.72. The third-order valence-corrected chi connectivity index (χ3v) is 3.43. The molecule has 1 saturated heterocycles. The summed E-state index contributed by atoms with van der Waals surface area (Å²) in [5, 5.41) is 0. The molecule has 2 rings (SSSR count). The molecule has 4 nitrogen and oxygen atoms in total. The van der Waals surface area contributed by atoms with Crippen molar-refractivity contribution in [3.63, 3.8) is 0 Å². The first-order chi connectivity index (χ1) is 8.24. The molecule has 0 aliphatic carbocycles. The Morgan fingerprint density at radius 3 is 2.94 bits per heavy atom. The van der Waals surface area contributed by atoms with Crippen LogP contribution < -0.4 is 10.6 Å². The molecule has 17 heavy (non-hydrogen) atoms. The Bertz CT molecular complexity index is 352. The maximum absolute atomic E-state index is 5.95. The summed E-state index contributed by atoms with van der Waals surface area (Å²) in [6, 6.07) is 4.19. The Labute approximate surface area is 103 Å². The standard InChI is InChI=1S/C13H21N3O/c1-3-12(14)13-5-4-10(8-15-13)16-7-6-11(9-16)17-2/h4-5,8,11-12H,3,6-7,9,14H2,1-2H3/t11?,12-/m0/s1. The van der Waals surface area contributed by atoms with Crippen LogP contribution in [0.15, 0.2) is 18.3 Å². The molecule has 0 saturated carbocycles. The van der Waals surface area contributed by atoms with Crippen LogP contribution in [0.2, 0.25) is 0 Å². The lowest BCUT2D eigenvalue weighted by molar-refractivity contribution is 0.121. The van der Waals surface area contributed by atoms with Gasteiger partial charge in [-0.25, -0.2) is 0 Å². The van der Waals surface area contributed by atoms with Crippen molar-refractivity contribution in [2.24, 2.45) is 5.73 Å². The molecule has 0 amide bonds. The molecule has 2 N–H and O–H groups in total. The van der Waals surface area contributed by atoms with E-state index in [1.54, 1.807) is 7.11 Å². The number of hydrogen-bond acceptors (Lipinski definition) is 4. The number of rotatable bonds is 4. The molecule has 2 atom stereocenters. The zero-order chi connectivity index (χ0) is 12.3. The Kier molecular flexibility index (Phi) is 3.97. The van der Waals surface area contributed by atoms with Crippen LogP contribution >= 0.6 is 0 Å². The number of methoxy groups -OCH3 is 1. The molecule has 1 fully saturated rings. The average Bonchev–Trinajstić information content (AvgIpc) is 2.87. The predicted molar refractivity (Wildman–Crippen MR) is 69.1 cm³/mol. The number of nitrogens with two attached hydrogens (primary N) is 1. The summed E-state index contributed by atoms with van der Waals surface area (Å²) >= 11 is 0. The lowest BCUT2D eigenvalue weighted by Crippen LogP contribution is -2.22. The van der Waals surface area contributed by atoms with Gasteiger partial charge >= 0.3 is 0 Å². The van der Waals surface area contributed by atoms with Gasteiger partial charge in [-0.3, -0.25) is 4.98 Å². The van der Waals surface area contributed by atoms with Crippen LogP contribution in [0.5, 0.6) is 0 Å². The summed E-state index contributed by atoms with van der Waals surface area (Å²) in [6.45, 7) is 4.07. The number of hydrogen-bond donors (Lipinski definition) is 1. The first kappa shape index (κ1) is 12.3. The second-order valence-corrected chi connectivity index (χ2v) is 4.55. The second kappa shape index (κ2) is 5.47. The average molecular weight is 235 g/mol. The van der Waals surface area contributed by atoms with Crippen LogP contribution in [0.4, 0.5) is 5.69 Å². The number of aromatic nitrogens is 1. The highest BCUT2D eigenvalue weighted by Gasteiger charge is 2.22. The van der Waals surface area contributed by atoms with E-state index in [0.717, 1.165) is 37.3 Å². The van der Waals surface area contributed by atoms with Crippen molar-refractivity contribution in [1.29, 1.82) is 0 Å². The lowest BCUT2D eigenvalue weighted by Gasteiger charge is -2.18. The van der Waals surface area contributed by atoms with Crippen LogP contribution in [-0.4, -0.2) is 31.3 Å². The summed E-state index contributed by atoms with van der Waals surface area (Å²) in [5.74, 6) is 0. The van der Waals surface area contributed by atoms with Gasteiger partial charge in [0.25, 0.3) is 0 Å². The zero-order valence-electron chi connectivity index (χ0n) is 10.6. The molecule has 1 unspecified atom stereocenters. The quantitative estimate of drug-likeness (QED) is 0.863. The smallest absolute Gasteiger partial charge is 0.0762 e. The Balaban J connectivity index is 2.03. The highest BCUT2D eigenvalue weighted by atomic mass is 16.5. The highest BCUT2D eigenvalue weighted by molar-refractivity contribution is 5.46. The van der Waals surface area contributed by atoms with Crippen LogP contribution in [0.25, 0.3) is 0 Å². The summed E-state index contributed by atoms with van der Waals surface area (Å²) in [6.07, 6.45) is 4.28. The normalized spacial score (nSPS) is 21.8. The SMILES string of the molecule is CC[C@H](N)c1ccc(N2CCC(OC)C2)cn1. The molecule has 1 aromatic heterocycles. The van der Waals surface area contributed by atoms with Crippen molar-refractivity contribution in [1.82, 2.24) is 4.98 Å². The molecule has 0 aromatic carbocycles. The Hall–Kier alpha value is -1.13. The molecule has 0 radical (unpaired) electrons. The number of anilines is 1. The van der Waals surface area contributed by atoms with E-state index >= 15 is 0 Å². The van der Waals surface area contributed by atoms with Crippen molar-refractivity contribution in [2.45, 2.75) is 31.9 Å². The van der Waals surface area contributed by atoms with E-state index in [-0.39, 0.29) is 6.04 Å². The first-order valence-corrected chi connectivity index (χ1v) is 6.24. The van der Waals surface area contributed by atoms with Gasteiger partial charge < -0.3 is 15.4 Å². The van der Waals surface area contributed by atoms with Crippen molar-refractivity contribution >= 4 is 5.69 Å². The first-order valence-electron chi connectivity index (χ1n) is 6.24. The molecule has 1 aliphatic heterocycles. The molecule has 0 spiro atoms. The molecule has 4 heteroatoms. The van der Waals surface area contributed by atoms with Crippen LogP contribution in [0.1, 0.15) is 31.5 Å². The minimum Gasteiger partial charge on any atom is -0.380 e. The summed E-state index contributed by atoms with van der Waals surface area (Å²) in [4.78, 5) is 6.75. The lowest BCUT2D eigenvalue weighted by atomic mass is 10.1. The van der Waals surface area contributed by atoms with Gasteiger partial charge in [-0.1, -0.05) is 6.92 Å². The molecule has 0 bridgehead atoms. The minimum absolute atomic E-state index is 0.0503. The van der Waals surface area contributed by atoms with E-state index in [0.29, 0.717) is 6.10 Å². The molecular weight excluding hydrogens is 214 g/mol. The maximum atomic E-state index is 5.95. The van der Waals surface area contributed by atoms with Crippen molar-refractivity contribution in [3.8, 4) is 0 Å². The fraction of sp³-hybridized carbons (Fsp3) is 0.615. The van der Waals surface area contributed by atoms with E-state index in [4.69, 9.17) is 10.5 Å². The summed E-state index contributed by atoms with van der Waals surface area (Å²) in [5.41, 5.74) is 8.08. The third-order valence-electron chi connectivity index (χ3n) is 3.43. The molecule has 1 aliphatic rings. The van der Waals surface area contributed by atoms with Crippen molar-refractivity contribution < 1.29 is 4.74 Å². The van der Waals surface area contributed by atoms with Crippen LogP contribution in [0.3, 0.4) is 0 Å². The Morgan fingerprint density at radius 2 is 2.41 bits per heavy atom. The molecule has 1 aromatic rings. The summed E-state index contributed by atoms with van der Waals surface area (Å²) in [7, 11) is 1.77. The third kappa shape index (κ3) is 2.76.